The SMILES string of the molecule is Cc1nc(-c2cnn(C)c2CNC(=O)OC(C)c2ccccc2)ccc1OC1CCCCC1. The zero-order chi connectivity index (χ0) is 23.2. The molecule has 1 amide bonds. The third-order valence-electron chi connectivity index (χ3n) is 6.17. The number of carbonyl (C=O) groups excluding carboxylic acids is 1. The number of benzene rings is 1. The van der Waals surface area contributed by atoms with Crippen molar-refractivity contribution in [2.45, 2.75) is 64.7 Å². The summed E-state index contributed by atoms with van der Waals surface area (Å²) in [5, 5.41) is 7.22. The van der Waals surface area contributed by atoms with Gasteiger partial charge in [-0.25, -0.2) is 9.78 Å². The van der Waals surface area contributed by atoms with E-state index in [1.54, 1.807) is 10.9 Å². The number of aromatic nitrogens is 3. The highest BCUT2D eigenvalue weighted by molar-refractivity contribution is 5.69. The number of pyridine rings is 1. The molecule has 7 nitrogen and oxygen atoms in total. The van der Waals surface area contributed by atoms with E-state index in [-0.39, 0.29) is 18.8 Å². The molecule has 1 fully saturated rings. The zero-order valence-corrected chi connectivity index (χ0v) is 19.6. The Kier molecular flexibility index (Phi) is 7.27. The van der Waals surface area contributed by atoms with E-state index >= 15 is 0 Å². The van der Waals surface area contributed by atoms with Crippen LogP contribution < -0.4 is 10.1 Å². The van der Waals surface area contributed by atoms with Gasteiger partial charge in [-0.15, -0.1) is 0 Å². The van der Waals surface area contributed by atoms with Gasteiger partial charge in [0, 0.05) is 12.6 Å². The molecule has 1 aromatic carbocycles. The quantitative estimate of drug-likeness (QED) is 0.517. The molecule has 0 aliphatic heterocycles. The summed E-state index contributed by atoms with van der Waals surface area (Å²) < 4.78 is 13.5. The Morgan fingerprint density at radius 3 is 2.64 bits per heavy atom. The Hall–Kier alpha value is -3.35. The third-order valence-corrected chi connectivity index (χ3v) is 6.17. The van der Waals surface area contributed by atoms with Gasteiger partial charge in [-0.2, -0.15) is 5.10 Å². The number of hydrogen-bond donors (Lipinski definition) is 1. The Bertz CT molecular complexity index is 1070. The van der Waals surface area contributed by atoms with Gasteiger partial charge in [0.05, 0.1) is 35.9 Å². The highest BCUT2D eigenvalue weighted by Gasteiger charge is 2.19. The number of alkyl carbamates (subject to hydrolysis) is 1. The first-order valence-corrected chi connectivity index (χ1v) is 11.7. The molecule has 2 heterocycles. The number of ether oxygens (including phenoxy) is 2. The van der Waals surface area contributed by atoms with Crippen LogP contribution in [0.25, 0.3) is 11.3 Å². The van der Waals surface area contributed by atoms with E-state index in [4.69, 9.17) is 14.5 Å². The molecule has 0 spiro atoms. The number of hydrogen-bond acceptors (Lipinski definition) is 5. The molecular formula is C26H32N4O3. The molecule has 7 heteroatoms. The Morgan fingerprint density at radius 1 is 1.15 bits per heavy atom. The van der Waals surface area contributed by atoms with Crippen molar-refractivity contribution in [2.24, 2.45) is 7.05 Å². The molecule has 1 atom stereocenters. The Morgan fingerprint density at radius 2 is 1.91 bits per heavy atom. The van der Waals surface area contributed by atoms with E-state index in [0.29, 0.717) is 0 Å². The predicted molar refractivity (Wildman–Crippen MR) is 127 cm³/mol. The summed E-state index contributed by atoms with van der Waals surface area (Å²) in [6.07, 6.45) is 7.23. The number of nitrogens with one attached hydrogen (secondary N) is 1. The molecule has 1 unspecified atom stereocenters. The second-order valence-corrected chi connectivity index (χ2v) is 8.60. The Balaban J connectivity index is 1.41. The average molecular weight is 449 g/mol. The smallest absolute Gasteiger partial charge is 0.408 e. The van der Waals surface area contributed by atoms with Gasteiger partial charge < -0.3 is 14.8 Å². The molecule has 4 rings (SSSR count). The summed E-state index contributed by atoms with van der Waals surface area (Å²) in [6, 6.07) is 13.6. The van der Waals surface area contributed by atoms with Crippen LogP contribution in [0.3, 0.4) is 0 Å². The van der Waals surface area contributed by atoms with Gasteiger partial charge in [-0.05, 0) is 57.2 Å². The molecule has 2 aromatic heterocycles. The van der Waals surface area contributed by atoms with Crippen LogP contribution in [0, 0.1) is 6.92 Å². The maximum atomic E-state index is 12.4. The topological polar surface area (TPSA) is 78.3 Å². The number of rotatable bonds is 7. The first-order valence-electron chi connectivity index (χ1n) is 11.7. The largest absolute Gasteiger partial charge is 0.489 e. The van der Waals surface area contributed by atoms with Gasteiger partial charge in [0.1, 0.15) is 11.9 Å². The molecule has 33 heavy (non-hydrogen) atoms. The van der Waals surface area contributed by atoms with Gasteiger partial charge in [0.2, 0.25) is 0 Å². The fourth-order valence-electron chi connectivity index (χ4n) is 4.22. The highest BCUT2D eigenvalue weighted by atomic mass is 16.6. The zero-order valence-electron chi connectivity index (χ0n) is 19.6. The van der Waals surface area contributed by atoms with E-state index in [1.807, 2.05) is 63.4 Å². The van der Waals surface area contributed by atoms with Crippen LogP contribution in [0.5, 0.6) is 5.75 Å². The van der Waals surface area contributed by atoms with Crippen molar-refractivity contribution in [1.29, 1.82) is 0 Å². The second-order valence-electron chi connectivity index (χ2n) is 8.60. The second kappa shape index (κ2) is 10.5. The van der Waals surface area contributed by atoms with Crippen molar-refractivity contribution in [2.75, 3.05) is 0 Å². The van der Waals surface area contributed by atoms with Gasteiger partial charge in [0.25, 0.3) is 0 Å². The average Bonchev–Trinajstić information content (AvgIpc) is 3.20. The third kappa shape index (κ3) is 5.72. The first-order chi connectivity index (χ1) is 16.0. The highest BCUT2D eigenvalue weighted by Crippen LogP contribution is 2.28. The fraction of sp³-hybridized carbons (Fsp3) is 0.423. The minimum atomic E-state index is -0.473. The normalized spacial score (nSPS) is 15.1. The summed E-state index contributed by atoms with van der Waals surface area (Å²) in [7, 11) is 1.85. The maximum Gasteiger partial charge on any atom is 0.408 e. The van der Waals surface area contributed by atoms with Crippen molar-refractivity contribution in [3.8, 4) is 17.0 Å². The van der Waals surface area contributed by atoms with Gasteiger partial charge >= 0.3 is 6.09 Å². The number of aryl methyl sites for hydroxylation is 2. The van der Waals surface area contributed by atoms with Crippen molar-refractivity contribution < 1.29 is 14.3 Å². The molecule has 0 radical (unpaired) electrons. The van der Waals surface area contributed by atoms with Crippen LogP contribution in [-0.2, 0) is 18.3 Å². The van der Waals surface area contributed by atoms with Crippen molar-refractivity contribution >= 4 is 6.09 Å². The molecule has 1 aliphatic rings. The minimum absolute atomic E-state index is 0.285. The first kappa shape index (κ1) is 22.8. The van der Waals surface area contributed by atoms with Crippen molar-refractivity contribution in [3.63, 3.8) is 0 Å². The summed E-state index contributed by atoms with van der Waals surface area (Å²) in [4.78, 5) is 17.1. The van der Waals surface area contributed by atoms with Crippen molar-refractivity contribution in [1.82, 2.24) is 20.1 Å². The summed E-state index contributed by atoms with van der Waals surface area (Å²) in [5.41, 5.74) is 4.34. The fourth-order valence-corrected chi connectivity index (χ4v) is 4.22. The van der Waals surface area contributed by atoms with Crippen LogP contribution in [0.2, 0.25) is 0 Å². The van der Waals surface area contributed by atoms with Crippen LogP contribution in [0.15, 0.2) is 48.7 Å². The number of carbonyl (C=O) groups is 1. The predicted octanol–water partition coefficient (Wildman–Crippen LogP) is 5.49. The van der Waals surface area contributed by atoms with Crippen LogP contribution in [-0.4, -0.2) is 27.0 Å². The van der Waals surface area contributed by atoms with E-state index in [2.05, 4.69) is 10.4 Å². The lowest BCUT2D eigenvalue weighted by Gasteiger charge is -2.23. The Labute approximate surface area is 195 Å². The van der Waals surface area contributed by atoms with E-state index in [0.717, 1.165) is 46.8 Å². The summed E-state index contributed by atoms with van der Waals surface area (Å²) in [5.74, 6) is 0.840. The van der Waals surface area contributed by atoms with Gasteiger partial charge in [0.15, 0.2) is 0 Å². The standard InChI is InChI=1S/C26H32N4O3/c1-18-25(33-21-12-8-5-9-13-21)15-14-23(29-18)22-16-28-30(3)24(22)17-27-26(31)32-19(2)20-10-6-4-7-11-20/h4,6-7,10-11,14-16,19,21H,5,8-9,12-13,17H2,1-3H3,(H,27,31). The lowest BCUT2D eigenvalue weighted by Crippen LogP contribution is -2.26. The molecular weight excluding hydrogens is 416 g/mol. The molecule has 1 aliphatic carbocycles. The van der Waals surface area contributed by atoms with Crippen LogP contribution >= 0.6 is 0 Å². The van der Waals surface area contributed by atoms with E-state index < -0.39 is 6.09 Å². The molecule has 0 bridgehead atoms. The number of nitrogens with zero attached hydrogens (tertiary/aromatic N) is 3. The van der Waals surface area contributed by atoms with E-state index in [9.17, 15) is 4.79 Å². The van der Waals surface area contributed by atoms with Crippen LogP contribution in [0.1, 0.15) is 62.1 Å². The number of amides is 1. The van der Waals surface area contributed by atoms with Gasteiger partial charge in [-0.3, -0.25) is 4.68 Å². The van der Waals surface area contributed by atoms with Crippen LogP contribution in [0.4, 0.5) is 4.79 Å². The maximum absolute atomic E-state index is 12.4. The summed E-state index contributed by atoms with van der Waals surface area (Å²) >= 11 is 0. The molecule has 0 saturated heterocycles. The minimum Gasteiger partial charge on any atom is -0.489 e. The molecule has 174 valence electrons. The van der Waals surface area contributed by atoms with Gasteiger partial charge in [-0.1, -0.05) is 36.8 Å². The summed E-state index contributed by atoms with van der Waals surface area (Å²) in [6.45, 7) is 4.11. The molecule has 1 saturated carbocycles. The van der Waals surface area contributed by atoms with Crippen molar-refractivity contribution in [3.05, 3.63) is 65.6 Å². The lowest BCUT2D eigenvalue weighted by atomic mass is 9.98. The monoisotopic (exact) mass is 448 g/mol. The lowest BCUT2D eigenvalue weighted by molar-refractivity contribution is 0.106. The molecule has 3 aromatic rings. The van der Waals surface area contributed by atoms with E-state index in [1.165, 1.54) is 19.3 Å². The molecule has 1 N–H and O–H groups in total.